The number of alkyl carbamates (subject to hydrolysis) is 1. The molecule has 1 saturated heterocycles. The van der Waals surface area contributed by atoms with Gasteiger partial charge in [-0.3, -0.25) is 0 Å². The predicted octanol–water partition coefficient (Wildman–Crippen LogP) is 2.07. The number of ether oxygens (including phenoxy) is 1. The number of thiocarbonyl (C=S) groups is 1. The van der Waals surface area contributed by atoms with Gasteiger partial charge in [-0.25, -0.2) is 9.78 Å². The number of nitrogens with zero attached hydrogens (tertiary/aromatic N) is 2. The number of likely N-dealkylation sites (tertiary alicyclic amines) is 1. The number of H-pyrrole nitrogens is 1. The van der Waals surface area contributed by atoms with Crippen molar-refractivity contribution in [3.8, 4) is 0 Å². The number of amides is 1. The van der Waals surface area contributed by atoms with Crippen LogP contribution in [0, 0.1) is 0 Å². The average molecular weight is 310 g/mol. The Balaban J connectivity index is 1.89. The number of piperidine rings is 1. The molecule has 116 valence electrons. The van der Waals surface area contributed by atoms with Crippen LogP contribution in [0.3, 0.4) is 0 Å². The zero-order valence-corrected chi connectivity index (χ0v) is 13.5. The van der Waals surface area contributed by atoms with Crippen molar-refractivity contribution in [2.75, 3.05) is 13.1 Å². The molecule has 0 radical (unpaired) electrons. The molecule has 0 spiro atoms. The normalized spacial score (nSPS) is 19.2. The summed E-state index contributed by atoms with van der Waals surface area (Å²) in [7, 11) is 0. The summed E-state index contributed by atoms with van der Waals surface area (Å²) in [6.07, 6.45) is 4.96. The highest BCUT2D eigenvalue weighted by Crippen LogP contribution is 2.14. The van der Waals surface area contributed by atoms with Crippen molar-refractivity contribution >= 4 is 23.3 Å². The second-order valence-corrected chi connectivity index (χ2v) is 6.56. The van der Waals surface area contributed by atoms with Crippen LogP contribution in [0.15, 0.2) is 12.4 Å². The third kappa shape index (κ3) is 4.70. The predicted molar refractivity (Wildman–Crippen MR) is 84.3 cm³/mol. The second-order valence-electron chi connectivity index (χ2n) is 6.17. The molecular formula is C14H22N4O2S. The monoisotopic (exact) mass is 310 g/mol. The number of aromatic amines is 1. The molecular weight excluding hydrogens is 288 g/mol. The lowest BCUT2D eigenvalue weighted by atomic mass is 10.1. The Morgan fingerprint density at radius 1 is 1.57 bits per heavy atom. The van der Waals surface area contributed by atoms with Crippen molar-refractivity contribution in [2.45, 2.75) is 45.3 Å². The molecule has 7 heteroatoms. The number of carbonyl (C=O) groups excluding carboxylic acids is 1. The van der Waals surface area contributed by atoms with E-state index in [-0.39, 0.29) is 12.1 Å². The zero-order chi connectivity index (χ0) is 15.5. The minimum absolute atomic E-state index is 0.0431. The van der Waals surface area contributed by atoms with Crippen LogP contribution >= 0.6 is 12.2 Å². The molecule has 1 aliphatic heterocycles. The summed E-state index contributed by atoms with van der Waals surface area (Å²) in [5.74, 6) is 0.697. The Kier molecular flexibility index (Phi) is 4.82. The molecule has 0 aromatic carbocycles. The quantitative estimate of drug-likeness (QED) is 0.818. The van der Waals surface area contributed by atoms with E-state index in [1.807, 2.05) is 20.8 Å². The van der Waals surface area contributed by atoms with Crippen molar-refractivity contribution in [2.24, 2.45) is 0 Å². The molecule has 1 amide bonds. The van der Waals surface area contributed by atoms with Gasteiger partial charge in [0.1, 0.15) is 10.6 Å². The smallest absolute Gasteiger partial charge is 0.407 e. The molecule has 1 aromatic rings. The van der Waals surface area contributed by atoms with E-state index in [1.54, 1.807) is 12.4 Å². The molecule has 0 bridgehead atoms. The largest absolute Gasteiger partial charge is 0.444 e. The van der Waals surface area contributed by atoms with Crippen LogP contribution < -0.4 is 5.32 Å². The van der Waals surface area contributed by atoms with E-state index in [2.05, 4.69) is 20.2 Å². The van der Waals surface area contributed by atoms with E-state index in [9.17, 15) is 4.79 Å². The van der Waals surface area contributed by atoms with Crippen molar-refractivity contribution < 1.29 is 9.53 Å². The minimum atomic E-state index is -0.484. The van der Waals surface area contributed by atoms with Crippen molar-refractivity contribution in [3.63, 3.8) is 0 Å². The molecule has 0 unspecified atom stereocenters. The molecule has 2 rings (SSSR count). The van der Waals surface area contributed by atoms with Crippen LogP contribution in [-0.4, -0.2) is 50.7 Å². The summed E-state index contributed by atoms with van der Waals surface area (Å²) in [6, 6.07) is 0.0431. The number of carbonyl (C=O) groups is 1. The van der Waals surface area contributed by atoms with Gasteiger partial charge in [0.25, 0.3) is 0 Å². The standard InChI is InChI=1S/C14H22N4O2S/c1-14(2,3)20-13(19)17-10-5-4-8-18(9-10)12(21)11-15-6-7-16-11/h6-7,10H,4-5,8-9H2,1-3H3,(H,15,16)(H,17,19)/t10-/m1/s1. The van der Waals surface area contributed by atoms with Crippen LogP contribution in [0.2, 0.25) is 0 Å². The van der Waals surface area contributed by atoms with E-state index >= 15 is 0 Å². The Morgan fingerprint density at radius 2 is 2.33 bits per heavy atom. The van der Waals surface area contributed by atoms with Gasteiger partial charge in [-0.1, -0.05) is 12.2 Å². The van der Waals surface area contributed by atoms with Crippen molar-refractivity contribution in [1.29, 1.82) is 0 Å². The van der Waals surface area contributed by atoms with E-state index in [1.165, 1.54) is 0 Å². The first-order valence-corrected chi connectivity index (χ1v) is 7.54. The van der Waals surface area contributed by atoms with Gasteiger partial charge in [0, 0.05) is 31.5 Å². The van der Waals surface area contributed by atoms with E-state index in [0.29, 0.717) is 17.4 Å². The average Bonchev–Trinajstić information content (AvgIpc) is 2.89. The maximum absolute atomic E-state index is 11.8. The first-order chi connectivity index (χ1) is 9.85. The molecule has 6 nitrogen and oxygen atoms in total. The molecule has 0 aliphatic carbocycles. The lowest BCUT2D eigenvalue weighted by molar-refractivity contribution is 0.0486. The molecule has 2 heterocycles. The number of aromatic nitrogens is 2. The summed E-state index contributed by atoms with van der Waals surface area (Å²) in [5.41, 5.74) is -0.484. The topological polar surface area (TPSA) is 70.2 Å². The molecule has 21 heavy (non-hydrogen) atoms. The Labute approximate surface area is 130 Å². The molecule has 0 saturated carbocycles. The maximum atomic E-state index is 11.8. The van der Waals surface area contributed by atoms with Crippen molar-refractivity contribution in [1.82, 2.24) is 20.2 Å². The lowest BCUT2D eigenvalue weighted by Crippen LogP contribution is -2.50. The molecule has 1 aromatic heterocycles. The Morgan fingerprint density at radius 3 is 2.95 bits per heavy atom. The van der Waals surface area contributed by atoms with E-state index in [4.69, 9.17) is 17.0 Å². The highest BCUT2D eigenvalue weighted by Gasteiger charge is 2.26. The lowest BCUT2D eigenvalue weighted by Gasteiger charge is -2.34. The summed E-state index contributed by atoms with van der Waals surface area (Å²) in [4.78, 5) is 21.8. The summed E-state index contributed by atoms with van der Waals surface area (Å²) in [6.45, 7) is 7.12. The fourth-order valence-corrected chi connectivity index (χ4v) is 2.56. The number of hydrogen-bond acceptors (Lipinski definition) is 4. The molecule has 1 atom stereocenters. The van der Waals surface area contributed by atoms with Crippen LogP contribution in [-0.2, 0) is 4.74 Å². The SMILES string of the molecule is CC(C)(C)OC(=O)N[C@@H]1CCCN(C(=S)c2ncc[nH]2)C1. The fourth-order valence-electron chi connectivity index (χ4n) is 2.29. The highest BCUT2D eigenvalue weighted by atomic mass is 32.1. The van der Waals surface area contributed by atoms with E-state index in [0.717, 1.165) is 19.4 Å². The number of hydrogen-bond donors (Lipinski definition) is 2. The van der Waals surface area contributed by atoms with Gasteiger partial charge in [0.05, 0.1) is 0 Å². The van der Waals surface area contributed by atoms with Gasteiger partial charge in [-0.05, 0) is 33.6 Å². The first-order valence-electron chi connectivity index (χ1n) is 7.13. The molecule has 2 N–H and O–H groups in total. The van der Waals surface area contributed by atoms with Crippen LogP contribution in [0.1, 0.15) is 39.4 Å². The van der Waals surface area contributed by atoms with Gasteiger partial charge in [0.2, 0.25) is 0 Å². The van der Waals surface area contributed by atoms with Gasteiger partial charge < -0.3 is 19.9 Å². The Hall–Kier alpha value is -1.63. The zero-order valence-electron chi connectivity index (χ0n) is 12.7. The summed E-state index contributed by atoms with van der Waals surface area (Å²) in [5, 5.41) is 2.91. The van der Waals surface area contributed by atoms with Crippen LogP contribution in [0.5, 0.6) is 0 Å². The van der Waals surface area contributed by atoms with Crippen LogP contribution in [0.25, 0.3) is 0 Å². The summed E-state index contributed by atoms with van der Waals surface area (Å²) >= 11 is 5.44. The first kappa shape index (κ1) is 15.8. The second kappa shape index (κ2) is 6.43. The third-order valence-electron chi connectivity index (χ3n) is 3.13. The number of rotatable bonds is 2. The van der Waals surface area contributed by atoms with Gasteiger partial charge in [-0.2, -0.15) is 0 Å². The number of nitrogens with one attached hydrogen (secondary N) is 2. The maximum Gasteiger partial charge on any atom is 0.407 e. The van der Waals surface area contributed by atoms with Gasteiger partial charge in [-0.15, -0.1) is 0 Å². The van der Waals surface area contributed by atoms with Crippen molar-refractivity contribution in [3.05, 3.63) is 18.2 Å². The van der Waals surface area contributed by atoms with Crippen LogP contribution in [0.4, 0.5) is 4.79 Å². The van der Waals surface area contributed by atoms with Gasteiger partial charge in [0.15, 0.2) is 5.82 Å². The third-order valence-corrected chi connectivity index (χ3v) is 3.58. The number of imidazole rings is 1. The molecule has 1 aliphatic rings. The summed E-state index contributed by atoms with van der Waals surface area (Å²) < 4.78 is 5.29. The highest BCUT2D eigenvalue weighted by molar-refractivity contribution is 7.80. The molecule has 1 fully saturated rings. The Bertz CT molecular complexity index is 496. The fraction of sp³-hybridized carbons (Fsp3) is 0.643. The minimum Gasteiger partial charge on any atom is -0.444 e. The van der Waals surface area contributed by atoms with Gasteiger partial charge >= 0.3 is 6.09 Å². The van der Waals surface area contributed by atoms with E-state index < -0.39 is 5.60 Å².